The molecule has 3 heteroatoms. The van der Waals surface area contributed by atoms with Crippen LogP contribution < -0.4 is 0 Å². The van der Waals surface area contributed by atoms with Crippen LogP contribution in [0, 0.1) is 5.82 Å². The lowest BCUT2D eigenvalue weighted by Crippen LogP contribution is -2.01. The lowest BCUT2D eigenvalue weighted by atomic mass is 10.1. The van der Waals surface area contributed by atoms with E-state index < -0.39 is 0 Å². The molecule has 2 aromatic rings. The average Bonchev–Trinajstić information content (AvgIpc) is 2.67. The van der Waals surface area contributed by atoms with E-state index in [1.54, 1.807) is 6.07 Å². The highest BCUT2D eigenvalue weighted by Crippen LogP contribution is 2.23. The van der Waals surface area contributed by atoms with Crippen molar-refractivity contribution in [3.8, 4) is 0 Å². The van der Waals surface area contributed by atoms with Gasteiger partial charge in [0.25, 0.3) is 0 Å². The maximum absolute atomic E-state index is 13.2. The van der Waals surface area contributed by atoms with Crippen molar-refractivity contribution >= 4 is 10.9 Å². The van der Waals surface area contributed by atoms with Crippen molar-refractivity contribution in [2.75, 3.05) is 6.61 Å². The number of aryl methyl sites for hydroxylation is 1. The van der Waals surface area contributed by atoms with Crippen LogP contribution in [0.3, 0.4) is 0 Å². The molecule has 17 heavy (non-hydrogen) atoms. The van der Waals surface area contributed by atoms with Gasteiger partial charge in [-0.1, -0.05) is 13.8 Å². The van der Waals surface area contributed by atoms with Gasteiger partial charge in [0.05, 0.1) is 5.52 Å². The third-order valence-electron chi connectivity index (χ3n) is 2.89. The molecule has 0 saturated carbocycles. The molecule has 0 radical (unpaired) electrons. The van der Waals surface area contributed by atoms with Gasteiger partial charge in [-0.25, -0.2) is 4.39 Å². The van der Waals surface area contributed by atoms with Gasteiger partial charge in [-0.15, -0.1) is 0 Å². The summed E-state index contributed by atoms with van der Waals surface area (Å²) in [6.07, 6.45) is 3.97. The topological polar surface area (TPSA) is 14.2 Å². The number of aromatic nitrogens is 1. The number of fused-ring (bicyclic) bond motifs is 1. The molecule has 92 valence electrons. The fourth-order valence-corrected chi connectivity index (χ4v) is 2.04. The van der Waals surface area contributed by atoms with E-state index >= 15 is 0 Å². The summed E-state index contributed by atoms with van der Waals surface area (Å²) < 4.78 is 20.8. The number of hydrogen-bond donors (Lipinski definition) is 0. The van der Waals surface area contributed by atoms with Gasteiger partial charge in [-0.05, 0) is 36.6 Å². The Labute approximate surface area is 101 Å². The predicted octanol–water partition coefficient (Wildman–Crippen LogP) is 3.73. The molecule has 0 fully saturated rings. The summed E-state index contributed by atoms with van der Waals surface area (Å²) in [5.41, 5.74) is 2.21. The highest BCUT2D eigenvalue weighted by Gasteiger charge is 2.07. The Morgan fingerprint density at radius 3 is 2.82 bits per heavy atom. The van der Waals surface area contributed by atoms with E-state index in [9.17, 15) is 4.39 Å². The quantitative estimate of drug-likeness (QED) is 0.720. The van der Waals surface area contributed by atoms with Gasteiger partial charge in [0, 0.05) is 18.2 Å². The normalized spacial score (nSPS) is 11.2. The van der Waals surface area contributed by atoms with Crippen LogP contribution in [-0.4, -0.2) is 11.2 Å². The van der Waals surface area contributed by atoms with Gasteiger partial charge in [0.1, 0.15) is 12.5 Å². The van der Waals surface area contributed by atoms with Gasteiger partial charge in [-0.3, -0.25) is 0 Å². The monoisotopic (exact) mass is 235 g/mol. The molecule has 1 aromatic carbocycles. The van der Waals surface area contributed by atoms with Crippen molar-refractivity contribution in [2.24, 2.45) is 0 Å². The van der Waals surface area contributed by atoms with Crippen molar-refractivity contribution in [1.29, 1.82) is 0 Å². The van der Waals surface area contributed by atoms with E-state index in [0.717, 1.165) is 30.4 Å². The van der Waals surface area contributed by atoms with Crippen LogP contribution in [0.1, 0.15) is 25.8 Å². The first-order valence-electron chi connectivity index (χ1n) is 6.11. The van der Waals surface area contributed by atoms with Crippen LogP contribution >= 0.6 is 0 Å². The number of ether oxygens (including phenoxy) is 1. The van der Waals surface area contributed by atoms with Crippen LogP contribution in [0.2, 0.25) is 0 Å². The number of nitrogens with zero attached hydrogens (tertiary/aromatic N) is 1. The largest absolute Gasteiger partial charge is 0.361 e. The maximum atomic E-state index is 13.2. The average molecular weight is 235 g/mol. The van der Waals surface area contributed by atoms with E-state index in [1.165, 1.54) is 11.6 Å². The Kier molecular flexibility index (Phi) is 3.79. The summed E-state index contributed by atoms with van der Waals surface area (Å²) in [6.45, 7) is 5.45. The first-order chi connectivity index (χ1) is 8.26. The second-order valence-corrected chi connectivity index (χ2v) is 4.18. The SMILES string of the molecule is CCCOCn1cc(CC)c2cc(F)ccc21. The molecule has 0 aliphatic rings. The molecule has 1 aromatic heterocycles. The maximum Gasteiger partial charge on any atom is 0.123 e. The second kappa shape index (κ2) is 5.32. The third kappa shape index (κ3) is 2.50. The zero-order valence-corrected chi connectivity index (χ0v) is 10.4. The molecule has 0 unspecified atom stereocenters. The van der Waals surface area contributed by atoms with Gasteiger partial charge in [0.15, 0.2) is 0 Å². The van der Waals surface area contributed by atoms with Crippen LogP contribution in [0.4, 0.5) is 4.39 Å². The number of rotatable bonds is 5. The van der Waals surface area contributed by atoms with Crippen LogP contribution in [-0.2, 0) is 17.9 Å². The van der Waals surface area contributed by atoms with E-state index in [1.807, 2.05) is 10.6 Å². The lowest BCUT2D eigenvalue weighted by Gasteiger charge is -2.05. The van der Waals surface area contributed by atoms with E-state index in [2.05, 4.69) is 20.0 Å². The van der Waals surface area contributed by atoms with Crippen LogP contribution in [0.15, 0.2) is 24.4 Å². The van der Waals surface area contributed by atoms with Crippen LogP contribution in [0.5, 0.6) is 0 Å². The third-order valence-corrected chi connectivity index (χ3v) is 2.89. The Bertz CT molecular complexity index is 504. The molecule has 0 amide bonds. The molecule has 1 heterocycles. The zero-order chi connectivity index (χ0) is 12.3. The summed E-state index contributed by atoms with van der Waals surface area (Å²) in [6, 6.07) is 4.92. The predicted molar refractivity (Wildman–Crippen MR) is 67.5 cm³/mol. The van der Waals surface area contributed by atoms with Crippen LogP contribution in [0.25, 0.3) is 10.9 Å². The van der Waals surface area contributed by atoms with Gasteiger partial charge < -0.3 is 9.30 Å². The molecule has 0 atom stereocenters. The van der Waals surface area contributed by atoms with Gasteiger partial charge in [0.2, 0.25) is 0 Å². The van der Waals surface area contributed by atoms with E-state index in [0.29, 0.717) is 6.73 Å². The fraction of sp³-hybridized carbons (Fsp3) is 0.429. The Balaban J connectivity index is 2.35. The summed E-state index contributed by atoms with van der Waals surface area (Å²) >= 11 is 0. The summed E-state index contributed by atoms with van der Waals surface area (Å²) in [5, 5.41) is 0.993. The van der Waals surface area contributed by atoms with E-state index in [-0.39, 0.29) is 5.82 Å². The molecule has 0 bridgehead atoms. The van der Waals surface area contributed by atoms with Crippen molar-refractivity contribution in [1.82, 2.24) is 4.57 Å². The lowest BCUT2D eigenvalue weighted by molar-refractivity contribution is 0.0803. The van der Waals surface area contributed by atoms with Gasteiger partial charge >= 0.3 is 0 Å². The van der Waals surface area contributed by atoms with Crippen molar-refractivity contribution in [3.05, 3.63) is 35.8 Å². The first-order valence-corrected chi connectivity index (χ1v) is 6.11. The Hall–Kier alpha value is -1.35. The minimum Gasteiger partial charge on any atom is -0.361 e. The molecule has 0 N–H and O–H groups in total. The highest BCUT2D eigenvalue weighted by molar-refractivity contribution is 5.84. The minimum atomic E-state index is -0.181. The highest BCUT2D eigenvalue weighted by atomic mass is 19.1. The van der Waals surface area contributed by atoms with Gasteiger partial charge in [-0.2, -0.15) is 0 Å². The number of hydrogen-bond acceptors (Lipinski definition) is 1. The summed E-state index contributed by atoms with van der Waals surface area (Å²) in [7, 11) is 0. The molecular formula is C14H18FNO. The first kappa shape index (κ1) is 12.1. The molecular weight excluding hydrogens is 217 g/mol. The summed E-state index contributed by atoms with van der Waals surface area (Å²) in [4.78, 5) is 0. The van der Waals surface area contributed by atoms with Crippen molar-refractivity contribution in [2.45, 2.75) is 33.4 Å². The molecule has 0 aliphatic carbocycles. The zero-order valence-electron chi connectivity index (χ0n) is 10.4. The summed E-state index contributed by atoms with van der Waals surface area (Å²) in [5.74, 6) is -0.181. The number of halogens is 1. The van der Waals surface area contributed by atoms with Crippen molar-refractivity contribution in [3.63, 3.8) is 0 Å². The Morgan fingerprint density at radius 1 is 1.29 bits per heavy atom. The second-order valence-electron chi connectivity index (χ2n) is 4.18. The van der Waals surface area contributed by atoms with E-state index in [4.69, 9.17) is 4.74 Å². The minimum absolute atomic E-state index is 0.181. The number of benzene rings is 1. The molecule has 0 aliphatic heterocycles. The Morgan fingerprint density at radius 2 is 2.12 bits per heavy atom. The molecule has 0 spiro atoms. The molecule has 2 rings (SSSR count). The van der Waals surface area contributed by atoms with Crippen molar-refractivity contribution < 1.29 is 9.13 Å². The molecule has 2 nitrogen and oxygen atoms in total. The fourth-order valence-electron chi connectivity index (χ4n) is 2.04. The molecule has 0 saturated heterocycles. The standard InChI is InChI=1S/C14H18FNO/c1-3-7-17-10-16-9-11(4-2)13-8-12(15)5-6-14(13)16/h5-6,8-9H,3-4,7,10H2,1-2H3. The smallest absolute Gasteiger partial charge is 0.123 e.